The molecule has 3 aromatic rings. The standard InChI is InChI=1S/C21H16F4N2O4/c1-11(15-7-6-14(30-20(22)23)10-18(15)31-21(24)25)26-27-19(29)16-8-12-4-2-3-5-13(12)9-17(16)28/h2-10,20-21,28H,1H3,(H,27,29)/b26-11-. The number of ether oxygens (including phenoxy) is 2. The normalized spacial score (nSPS) is 11.8. The zero-order chi connectivity index (χ0) is 22.5. The molecule has 31 heavy (non-hydrogen) atoms. The number of phenolic OH excluding ortho intramolecular Hbond substituents is 1. The lowest BCUT2D eigenvalue weighted by atomic mass is 10.1. The highest BCUT2D eigenvalue weighted by Crippen LogP contribution is 2.28. The number of benzene rings is 3. The third-order valence-electron chi connectivity index (χ3n) is 4.22. The van der Waals surface area contributed by atoms with Gasteiger partial charge in [-0.3, -0.25) is 4.79 Å². The van der Waals surface area contributed by atoms with Crippen molar-refractivity contribution in [2.24, 2.45) is 5.10 Å². The Balaban J connectivity index is 1.85. The Kier molecular flexibility index (Phi) is 6.58. The summed E-state index contributed by atoms with van der Waals surface area (Å²) in [7, 11) is 0. The predicted molar refractivity (Wildman–Crippen MR) is 105 cm³/mol. The Morgan fingerprint density at radius 3 is 2.23 bits per heavy atom. The van der Waals surface area contributed by atoms with Crippen LogP contribution in [0.25, 0.3) is 10.8 Å². The zero-order valence-electron chi connectivity index (χ0n) is 16.0. The van der Waals surface area contributed by atoms with E-state index in [0.29, 0.717) is 5.39 Å². The summed E-state index contributed by atoms with van der Waals surface area (Å²) >= 11 is 0. The first-order chi connectivity index (χ1) is 14.7. The number of phenols is 1. The first-order valence-electron chi connectivity index (χ1n) is 8.85. The van der Waals surface area contributed by atoms with Crippen LogP contribution in [0, 0.1) is 0 Å². The van der Waals surface area contributed by atoms with Crippen LogP contribution in [0.1, 0.15) is 22.8 Å². The van der Waals surface area contributed by atoms with Crippen LogP contribution in [0.5, 0.6) is 17.2 Å². The van der Waals surface area contributed by atoms with Crippen molar-refractivity contribution in [2.45, 2.75) is 20.1 Å². The van der Waals surface area contributed by atoms with Crippen molar-refractivity contribution in [1.82, 2.24) is 5.43 Å². The van der Waals surface area contributed by atoms with Gasteiger partial charge in [-0.15, -0.1) is 0 Å². The molecule has 0 spiro atoms. The smallest absolute Gasteiger partial charge is 0.387 e. The maximum absolute atomic E-state index is 12.7. The molecule has 0 atom stereocenters. The quantitative estimate of drug-likeness (QED) is 0.314. The van der Waals surface area contributed by atoms with Crippen LogP contribution >= 0.6 is 0 Å². The van der Waals surface area contributed by atoms with Gasteiger partial charge >= 0.3 is 13.2 Å². The Bertz CT molecular complexity index is 1140. The Labute approximate surface area is 173 Å². The molecule has 2 N–H and O–H groups in total. The fourth-order valence-electron chi connectivity index (χ4n) is 2.84. The van der Waals surface area contributed by atoms with Crippen molar-refractivity contribution in [1.29, 1.82) is 0 Å². The van der Waals surface area contributed by atoms with Gasteiger partial charge in [-0.25, -0.2) is 5.43 Å². The molecule has 0 saturated heterocycles. The Morgan fingerprint density at radius 2 is 1.58 bits per heavy atom. The lowest BCUT2D eigenvalue weighted by Crippen LogP contribution is -2.20. The molecule has 0 aliphatic carbocycles. The number of aromatic hydroxyl groups is 1. The van der Waals surface area contributed by atoms with E-state index in [-0.39, 0.29) is 28.3 Å². The molecule has 6 nitrogen and oxygen atoms in total. The summed E-state index contributed by atoms with van der Waals surface area (Å²) in [5, 5.41) is 15.4. The van der Waals surface area contributed by atoms with Gasteiger partial charge in [0.1, 0.15) is 17.2 Å². The minimum atomic E-state index is -3.22. The van der Waals surface area contributed by atoms with Gasteiger partial charge < -0.3 is 14.6 Å². The van der Waals surface area contributed by atoms with Gasteiger partial charge in [-0.2, -0.15) is 22.7 Å². The average Bonchev–Trinajstić information content (AvgIpc) is 2.70. The van der Waals surface area contributed by atoms with Crippen LogP contribution in [0.15, 0.2) is 59.7 Å². The zero-order valence-corrected chi connectivity index (χ0v) is 16.0. The van der Waals surface area contributed by atoms with Gasteiger partial charge in [0.25, 0.3) is 5.91 Å². The SMILES string of the molecule is C/C(=N/NC(=O)c1cc2ccccc2cc1O)c1ccc(OC(F)F)cc1OC(F)F. The van der Waals surface area contributed by atoms with Gasteiger partial charge in [0.15, 0.2) is 0 Å². The highest BCUT2D eigenvalue weighted by Gasteiger charge is 2.16. The molecule has 0 aromatic heterocycles. The van der Waals surface area contributed by atoms with E-state index in [1.165, 1.54) is 25.1 Å². The molecular weight excluding hydrogens is 420 g/mol. The second-order valence-corrected chi connectivity index (χ2v) is 6.27. The Morgan fingerprint density at radius 1 is 0.935 bits per heavy atom. The highest BCUT2D eigenvalue weighted by atomic mass is 19.3. The van der Waals surface area contributed by atoms with E-state index in [2.05, 4.69) is 20.0 Å². The summed E-state index contributed by atoms with van der Waals surface area (Å²) in [5.41, 5.74) is 2.25. The fourth-order valence-corrected chi connectivity index (χ4v) is 2.84. The van der Waals surface area contributed by atoms with Crippen molar-refractivity contribution >= 4 is 22.4 Å². The van der Waals surface area contributed by atoms with Crippen molar-refractivity contribution in [3.63, 3.8) is 0 Å². The molecule has 1 amide bonds. The molecule has 0 heterocycles. The molecule has 162 valence electrons. The number of nitrogens with zero attached hydrogens (tertiary/aromatic N) is 1. The second kappa shape index (κ2) is 9.33. The number of rotatable bonds is 7. The summed E-state index contributed by atoms with van der Waals surface area (Å²) in [6.07, 6.45) is 0. The topological polar surface area (TPSA) is 80.2 Å². The third kappa shape index (κ3) is 5.41. The summed E-state index contributed by atoms with van der Waals surface area (Å²) in [6.45, 7) is -4.98. The van der Waals surface area contributed by atoms with Crippen molar-refractivity contribution in [3.05, 3.63) is 65.7 Å². The van der Waals surface area contributed by atoms with Crippen LogP contribution in [0.2, 0.25) is 0 Å². The minimum Gasteiger partial charge on any atom is -0.507 e. The molecule has 0 radical (unpaired) electrons. The van der Waals surface area contributed by atoms with Gasteiger partial charge in [-0.05, 0) is 42.0 Å². The fraction of sp³-hybridized carbons (Fsp3) is 0.143. The lowest BCUT2D eigenvalue weighted by molar-refractivity contribution is -0.0543. The number of amides is 1. The van der Waals surface area contributed by atoms with E-state index in [4.69, 9.17) is 0 Å². The summed E-state index contributed by atoms with van der Waals surface area (Å²) < 4.78 is 58.7. The molecule has 0 bridgehead atoms. The first-order valence-corrected chi connectivity index (χ1v) is 8.85. The van der Waals surface area contributed by atoms with Crippen LogP contribution in [-0.4, -0.2) is 29.9 Å². The number of hydrogen-bond acceptors (Lipinski definition) is 5. The maximum Gasteiger partial charge on any atom is 0.387 e. The second-order valence-electron chi connectivity index (χ2n) is 6.27. The van der Waals surface area contributed by atoms with E-state index in [0.717, 1.165) is 17.5 Å². The number of carbonyl (C=O) groups is 1. The van der Waals surface area contributed by atoms with Gasteiger partial charge in [-0.1, -0.05) is 24.3 Å². The molecule has 0 fully saturated rings. The molecule has 10 heteroatoms. The Hall–Kier alpha value is -3.82. The molecule has 0 unspecified atom stereocenters. The number of fused-ring (bicyclic) bond motifs is 1. The maximum atomic E-state index is 12.7. The van der Waals surface area contributed by atoms with Crippen molar-refractivity contribution in [3.8, 4) is 17.2 Å². The van der Waals surface area contributed by atoms with E-state index in [1.807, 2.05) is 0 Å². The number of halogens is 4. The monoisotopic (exact) mass is 436 g/mol. The highest BCUT2D eigenvalue weighted by molar-refractivity contribution is 6.04. The number of hydrogen-bond donors (Lipinski definition) is 2. The van der Waals surface area contributed by atoms with Gasteiger partial charge in [0.05, 0.1) is 11.3 Å². The van der Waals surface area contributed by atoms with Crippen LogP contribution in [0.3, 0.4) is 0 Å². The molecule has 3 rings (SSSR count). The summed E-state index contributed by atoms with van der Waals surface area (Å²) in [5.74, 6) is -1.85. The van der Waals surface area contributed by atoms with Crippen LogP contribution < -0.4 is 14.9 Å². The lowest BCUT2D eigenvalue weighted by Gasteiger charge is -2.13. The average molecular weight is 436 g/mol. The van der Waals surface area contributed by atoms with Crippen LogP contribution in [0.4, 0.5) is 17.6 Å². The van der Waals surface area contributed by atoms with E-state index in [1.54, 1.807) is 24.3 Å². The molecular formula is C21H16F4N2O4. The molecule has 0 aliphatic rings. The number of alkyl halides is 4. The first kappa shape index (κ1) is 21.9. The van der Waals surface area contributed by atoms with E-state index >= 15 is 0 Å². The third-order valence-corrected chi connectivity index (χ3v) is 4.22. The molecule has 3 aromatic carbocycles. The van der Waals surface area contributed by atoms with Crippen molar-refractivity contribution < 1.29 is 36.9 Å². The van der Waals surface area contributed by atoms with E-state index in [9.17, 15) is 27.5 Å². The molecule has 0 aliphatic heterocycles. The number of carbonyl (C=O) groups excluding carboxylic acids is 1. The van der Waals surface area contributed by atoms with Gasteiger partial charge in [0.2, 0.25) is 0 Å². The minimum absolute atomic E-state index is 0.0185. The predicted octanol–water partition coefficient (Wildman–Crippen LogP) is 4.90. The summed E-state index contributed by atoms with van der Waals surface area (Å²) in [6, 6.07) is 13.2. The largest absolute Gasteiger partial charge is 0.507 e. The number of hydrazone groups is 1. The van der Waals surface area contributed by atoms with Crippen molar-refractivity contribution in [2.75, 3.05) is 0 Å². The van der Waals surface area contributed by atoms with Crippen LogP contribution in [-0.2, 0) is 0 Å². The van der Waals surface area contributed by atoms with Gasteiger partial charge in [0, 0.05) is 11.6 Å². The summed E-state index contributed by atoms with van der Waals surface area (Å²) in [4.78, 5) is 12.5. The molecule has 0 saturated carbocycles. The number of nitrogens with one attached hydrogen (secondary N) is 1. The van der Waals surface area contributed by atoms with E-state index < -0.39 is 24.9 Å².